The Morgan fingerprint density at radius 3 is 2.20 bits per heavy atom. The predicted octanol–water partition coefficient (Wildman–Crippen LogP) is 5.61. The summed E-state index contributed by atoms with van der Waals surface area (Å²) in [4.78, 5) is 26.3. The van der Waals surface area contributed by atoms with E-state index < -0.39 is 13.9 Å². The average Bonchev–Trinajstić information content (AvgIpc) is 2.58. The van der Waals surface area contributed by atoms with Crippen molar-refractivity contribution in [3.05, 3.63) is 0 Å². The number of amides is 1. The summed E-state index contributed by atoms with van der Waals surface area (Å²) >= 11 is 0. The second-order valence-corrected chi connectivity index (χ2v) is 15.8. The van der Waals surface area contributed by atoms with Gasteiger partial charge in [0.25, 0.3) is 0 Å². The monoisotopic (exact) mass is 443 g/mol. The minimum atomic E-state index is -1.78. The Labute approximate surface area is 185 Å². The summed E-state index contributed by atoms with van der Waals surface area (Å²) in [7, 11) is -1.78. The van der Waals surface area contributed by atoms with E-state index in [0.717, 1.165) is 25.9 Å². The number of piperidine rings is 1. The number of nitrogens with zero attached hydrogens (tertiary/aromatic N) is 1. The average molecular weight is 444 g/mol. The normalized spacial score (nSPS) is 20.8. The van der Waals surface area contributed by atoms with E-state index in [4.69, 9.17) is 13.9 Å². The van der Waals surface area contributed by atoms with E-state index in [0.29, 0.717) is 32.0 Å². The molecule has 0 aromatic rings. The second-order valence-electron chi connectivity index (χ2n) is 11.0. The maximum absolute atomic E-state index is 12.6. The Morgan fingerprint density at radius 1 is 1.03 bits per heavy atom. The van der Waals surface area contributed by atoms with E-state index in [1.165, 1.54) is 0 Å². The lowest BCUT2D eigenvalue weighted by atomic mass is 9.81. The predicted molar refractivity (Wildman–Crippen MR) is 123 cm³/mol. The molecule has 0 aromatic carbocycles. The summed E-state index contributed by atoms with van der Waals surface area (Å²) in [6, 6.07) is 0. The van der Waals surface area contributed by atoms with Crippen LogP contribution in [0.2, 0.25) is 18.1 Å². The standard InChI is InChI=1S/C23H45NO5Si/c1-10-27-20(25)12-11-19-17-24(21(26)29-22(2,3)4)15-13-18(19)14-16-28-30(8,9)23(5,6)7/h18-19H,10-17H2,1-9H3/t18-,19-/m0/s1. The van der Waals surface area contributed by atoms with Crippen LogP contribution in [0.5, 0.6) is 0 Å². The smallest absolute Gasteiger partial charge is 0.410 e. The minimum absolute atomic E-state index is 0.164. The van der Waals surface area contributed by atoms with Gasteiger partial charge in [0.15, 0.2) is 8.32 Å². The molecule has 0 spiro atoms. The van der Waals surface area contributed by atoms with Crippen molar-refractivity contribution >= 4 is 20.4 Å². The van der Waals surface area contributed by atoms with Crippen LogP contribution in [0.4, 0.5) is 4.79 Å². The molecule has 0 aromatic heterocycles. The first kappa shape index (κ1) is 27.0. The van der Waals surface area contributed by atoms with E-state index in [1.807, 2.05) is 27.7 Å². The summed E-state index contributed by atoms with van der Waals surface area (Å²) in [5.74, 6) is 0.518. The van der Waals surface area contributed by atoms with Crippen LogP contribution >= 0.6 is 0 Å². The highest BCUT2D eigenvalue weighted by Gasteiger charge is 2.38. The number of carbonyl (C=O) groups excluding carboxylic acids is 2. The summed E-state index contributed by atoms with van der Waals surface area (Å²) in [5, 5.41) is 0.191. The van der Waals surface area contributed by atoms with E-state index in [-0.39, 0.29) is 23.0 Å². The number of hydrogen-bond donors (Lipinski definition) is 0. The van der Waals surface area contributed by atoms with Crippen molar-refractivity contribution in [1.82, 2.24) is 4.90 Å². The number of hydrogen-bond acceptors (Lipinski definition) is 5. The molecule has 6 nitrogen and oxygen atoms in total. The van der Waals surface area contributed by atoms with Gasteiger partial charge in [-0.25, -0.2) is 4.79 Å². The van der Waals surface area contributed by atoms with Crippen molar-refractivity contribution < 1.29 is 23.5 Å². The molecule has 1 amide bonds. The number of ether oxygens (including phenoxy) is 2. The molecular weight excluding hydrogens is 398 g/mol. The van der Waals surface area contributed by atoms with Crippen molar-refractivity contribution in [3.63, 3.8) is 0 Å². The van der Waals surface area contributed by atoms with E-state index in [9.17, 15) is 9.59 Å². The lowest BCUT2D eigenvalue weighted by molar-refractivity contribution is -0.143. The molecule has 1 saturated heterocycles. The Morgan fingerprint density at radius 2 is 1.67 bits per heavy atom. The summed E-state index contributed by atoms with van der Waals surface area (Å²) in [6.07, 6.45) is 2.72. The molecule has 30 heavy (non-hydrogen) atoms. The summed E-state index contributed by atoms with van der Waals surface area (Å²) in [6.45, 7) is 21.2. The van der Waals surface area contributed by atoms with Gasteiger partial charge in [-0.15, -0.1) is 0 Å². The second kappa shape index (κ2) is 11.0. The molecule has 0 bridgehead atoms. The van der Waals surface area contributed by atoms with E-state index >= 15 is 0 Å². The van der Waals surface area contributed by atoms with Crippen LogP contribution in [0.25, 0.3) is 0 Å². The number of esters is 1. The molecule has 1 fully saturated rings. The molecule has 0 unspecified atom stereocenters. The molecule has 0 saturated carbocycles. The third-order valence-corrected chi connectivity index (χ3v) is 10.9. The first-order valence-electron chi connectivity index (χ1n) is 11.4. The molecular formula is C23H45NO5Si. The molecule has 0 radical (unpaired) electrons. The maximum Gasteiger partial charge on any atom is 0.410 e. The largest absolute Gasteiger partial charge is 0.466 e. The maximum atomic E-state index is 12.6. The molecule has 1 heterocycles. The fourth-order valence-electron chi connectivity index (χ4n) is 3.50. The van der Waals surface area contributed by atoms with Gasteiger partial charge in [-0.1, -0.05) is 20.8 Å². The van der Waals surface area contributed by atoms with Gasteiger partial charge in [-0.05, 0) is 76.9 Å². The van der Waals surface area contributed by atoms with Crippen molar-refractivity contribution in [1.29, 1.82) is 0 Å². The van der Waals surface area contributed by atoms with Gasteiger partial charge in [0.2, 0.25) is 0 Å². The third kappa shape index (κ3) is 8.96. The molecule has 1 aliphatic rings. The van der Waals surface area contributed by atoms with Crippen LogP contribution in [0.3, 0.4) is 0 Å². The van der Waals surface area contributed by atoms with Crippen LogP contribution in [0, 0.1) is 11.8 Å². The van der Waals surface area contributed by atoms with Gasteiger partial charge < -0.3 is 18.8 Å². The van der Waals surface area contributed by atoms with Crippen molar-refractivity contribution in [2.45, 2.75) is 97.9 Å². The van der Waals surface area contributed by atoms with Gasteiger partial charge in [0.1, 0.15) is 5.60 Å². The fourth-order valence-corrected chi connectivity index (χ4v) is 4.56. The number of likely N-dealkylation sites (tertiary alicyclic amines) is 1. The van der Waals surface area contributed by atoms with Crippen LogP contribution < -0.4 is 0 Å². The lowest BCUT2D eigenvalue weighted by Gasteiger charge is -2.40. The van der Waals surface area contributed by atoms with E-state index in [1.54, 1.807) is 4.90 Å². The van der Waals surface area contributed by atoms with Crippen LogP contribution in [-0.4, -0.2) is 57.2 Å². The summed E-state index contributed by atoms with van der Waals surface area (Å²) < 4.78 is 17.1. The van der Waals surface area contributed by atoms with Crippen LogP contribution in [0.1, 0.15) is 74.1 Å². The molecule has 176 valence electrons. The van der Waals surface area contributed by atoms with Crippen LogP contribution in [-0.2, 0) is 18.7 Å². The van der Waals surface area contributed by atoms with Gasteiger partial charge >= 0.3 is 12.1 Å². The topological polar surface area (TPSA) is 65.1 Å². The van der Waals surface area contributed by atoms with Crippen LogP contribution in [0.15, 0.2) is 0 Å². The third-order valence-electron chi connectivity index (χ3n) is 6.33. The van der Waals surface area contributed by atoms with Gasteiger partial charge in [-0.3, -0.25) is 4.79 Å². The highest BCUT2D eigenvalue weighted by molar-refractivity contribution is 6.74. The zero-order valence-electron chi connectivity index (χ0n) is 20.8. The highest BCUT2D eigenvalue weighted by Crippen LogP contribution is 2.37. The zero-order chi connectivity index (χ0) is 23.2. The van der Waals surface area contributed by atoms with Crippen molar-refractivity contribution in [3.8, 4) is 0 Å². The van der Waals surface area contributed by atoms with E-state index in [2.05, 4.69) is 33.9 Å². The van der Waals surface area contributed by atoms with Crippen molar-refractivity contribution in [2.24, 2.45) is 11.8 Å². The minimum Gasteiger partial charge on any atom is -0.466 e. The first-order chi connectivity index (χ1) is 13.7. The quantitative estimate of drug-likeness (QED) is 0.360. The van der Waals surface area contributed by atoms with Gasteiger partial charge in [0, 0.05) is 26.1 Å². The Kier molecular flexibility index (Phi) is 9.87. The summed E-state index contributed by atoms with van der Waals surface area (Å²) in [5.41, 5.74) is -0.509. The Balaban J connectivity index is 2.73. The number of carbonyl (C=O) groups is 2. The first-order valence-corrected chi connectivity index (χ1v) is 14.3. The molecule has 7 heteroatoms. The lowest BCUT2D eigenvalue weighted by Crippen LogP contribution is -2.46. The fraction of sp³-hybridized carbons (Fsp3) is 0.913. The molecule has 1 aliphatic heterocycles. The Bertz CT molecular complexity index is 565. The molecule has 1 rings (SSSR count). The number of rotatable bonds is 8. The highest BCUT2D eigenvalue weighted by atomic mass is 28.4. The molecule has 2 atom stereocenters. The van der Waals surface area contributed by atoms with Crippen molar-refractivity contribution in [2.75, 3.05) is 26.3 Å². The Hall–Kier alpha value is -1.08. The van der Waals surface area contributed by atoms with Gasteiger partial charge in [-0.2, -0.15) is 0 Å². The zero-order valence-corrected chi connectivity index (χ0v) is 21.8. The van der Waals surface area contributed by atoms with Gasteiger partial charge in [0.05, 0.1) is 6.61 Å². The SMILES string of the molecule is CCOC(=O)CC[C@H]1CN(C(=O)OC(C)(C)C)CC[C@H]1CCO[Si](C)(C)C(C)(C)C. The molecule has 0 aliphatic carbocycles. The molecule has 0 N–H and O–H groups in total.